The second-order valence-electron chi connectivity index (χ2n) is 9.67. The summed E-state index contributed by atoms with van der Waals surface area (Å²) in [7, 11) is -3.96. The summed E-state index contributed by atoms with van der Waals surface area (Å²) in [5, 5.41) is 10.1. The molecular formula is C28H29N5O6S. The average molecular weight is 564 g/mol. The number of anilines is 1. The lowest BCUT2D eigenvalue weighted by molar-refractivity contribution is -0.135. The maximum absolute atomic E-state index is 13.4. The van der Waals surface area contributed by atoms with Crippen molar-refractivity contribution in [3.63, 3.8) is 0 Å². The summed E-state index contributed by atoms with van der Waals surface area (Å²) in [5.74, 6) is -0.794. The number of carboxylic acids is 1. The molecule has 0 radical (unpaired) electrons. The van der Waals surface area contributed by atoms with Crippen molar-refractivity contribution in [2.75, 3.05) is 24.5 Å². The van der Waals surface area contributed by atoms with Gasteiger partial charge in [-0.1, -0.05) is 48.0 Å². The highest BCUT2D eigenvalue weighted by molar-refractivity contribution is 7.90. The molecule has 0 saturated carbocycles. The number of nitrogens with zero attached hydrogens (tertiary/aromatic N) is 5. The van der Waals surface area contributed by atoms with Crippen LogP contribution in [0.1, 0.15) is 24.0 Å². The van der Waals surface area contributed by atoms with Gasteiger partial charge in [-0.05, 0) is 43.5 Å². The quantitative estimate of drug-likeness (QED) is 0.341. The number of carboxylic acid groups (broad SMARTS) is 1. The van der Waals surface area contributed by atoms with Crippen LogP contribution in [0.3, 0.4) is 0 Å². The molecule has 5 rings (SSSR count). The number of rotatable bonds is 8. The van der Waals surface area contributed by atoms with Crippen molar-refractivity contribution >= 4 is 38.9 Å². The molecule has 1 fully saturated rings. The van der Waals surface area contributed by atoms with E-state index < -0.39 is 22.1 Å². The van der Waals surface area contributed by atoms with Crippen LogP contribution in [0.15, 0.2) is 78.1 Å². The third-order valence-electron chi connectivity index (χ3n) is 6.88. The normalized spacial score (nSPS) is 15.6. The molecule has 1 N–H and O–H groups in total. The lowest BCUT2D eigenvalue weighted by Crippen LogP contribution is -2.51. The minimum atomic E-state index is -3.96. The van der Waals surface area contributed by atoms with Crippen LogP contribution in [0.2, 0.25) is 0 Å². The Morgan fingerprint density at radius 2 is 1.82 bits per heavy atom. The standard InChI is InChI=1S/C28H29N5O6S/c1-20-9-11-23(12-10-20)40(37,38)33-15-13-24-26(29-19-30-27(24)33)32(17-25(34)35)22-8-5-14-31(16-22)28(36)39-18-21-6-3-2-4-7-21/h2-4,6-7,9-13,15,19,22H,5,8,14,16-18H2,1H3,(H,34,35). The number of aliphatic carboxylic acids is 1. The maximum atomic E-state index is 13.4. The van der Waals surface area contributed by atoms with Crippen molar-refractivity contribution < 1.29 is 27.9 Å². The van der Waals surface area contributed by atoms with Gasteiger partial charge in [-0.15, -0.1) is 0 Å². The van der Waals surface area contributed by atoms with E-state index in [2.05, 4.69) is 9.97 Å². The lowest BCUT2D eigenvalue weighted by Gasteiger charge is -2.39. The predicted octanol–water partition coefficient (Wildman–Crippen LogP) is 3.67. The first-order chi connectivity index (χ1) is 19.2. The molecule has 12 heteroatoms. The summed E-state index contributed by atoms with van der Waals surface area (Å²) in [4.78, 5) is 36.6. The van der Waals surface area contributed by atoms with E-state index in [9.17, 15) is 23.1 Å². The number of ether oxygens (including phenoxy) is 1. The molecule has 1 amide bonds. The third kappa shape index (κ3) is 5.62. The van der Waals surface area contributed by atoms with Crippen molar-refractivity contribution in [2.45, 2.75) is 37.3 Å². The number of carbonyl (C=O) groups excluding carboxylic acids is 1. The second-order valence-corrected chi connectivity index (χ2v) is 11.5. The van der Waals surface area contributed by atoms with Gasteiger partial charge in [-0.2, -0.15) is 0 Å². The Balaban J connectivity index is 1.42. The number of amides is 1. The molecule has 1 aliphatic rings. The molecule has 0 bridgehead atoms. The van der Waals surface area contributed by atoms with E-state index >= 15 is 0 Å². The molecule has 1 atom stereocenters. The van der Waals surface area contributed by atoms with E-state index in [0.717, 1.165) is 15.1 Å². The first-order valence-corrected chi connectivity index (χ1v) is 14.3. The monoisotopic (exact) mass is 563 g/mol. The van der Waals surface area contributed by atoms with Gasteiger partial charge < -0.3 is 19.6 Å². The van der Waals surface area contributed by atoms with Gasteiger partial charge in [0.25, 0.3) is 10.0 Å². The van der Waals surface area contributed by atoms with E-state index in [1.165, 1.54) is 24.7 Å². The van der Waals surface area contributed by atoms with Gasteiger partial charge >= 0.3 is 12.1 Å². The van der Waals surface area contributed by atoms with E-state index in [-0.39, 0.29) is 42.1 Å². The highest BCUT2D eigenvalue weighted by Crippen LogP contribution is 2.30. The molecule has 0 spiro atoms. The van der Waals surface area contributed by atoms with E-state index in [1.807, 2.05) is 37.3 Å². The van der Waals surface area contributed by atoms with Crippen molar-refractivity contribution in [2.24, 2.45) is 0 Å². The summed E-state index contributed by atoms with van der Waals surface area (Å²) in [6.07, 6.45) is 3.39. The van der Waals surface area contributed by atoms with E-state index in [1.54, 1.807) is 28.0 Å². The van der Waals surface area contributed by atoms with Gasteiger partial charge in [-0.3, -0.25) is 4.79 Å². The van der Waals surface area contributed by atoms with Gasteiger partial charge in [-0.25, -0.2) is 27.2 Å². The van der Waals surface area contributed by atoms with Gasteiger partial charge in [0.2, 0.25) is 0 Å². The minimum Gasteiger partial charge on any atom is -0.480 e. The Kier molecular flexibility index (Phi) is 7.69. The van der Waals surface area contributed by atoms with Crippen LogP contribution in [0, 0.1) is 6.92 Å². The molecule has 1 aliphatic heterocycles. The number of aryl methyl sites for hydroxylation is 1. The molecule has 1 unspecified atom stereocenters. The first-order valence-electron chi connectivity index (χ1n) is 12.8. The zero-order chi connectivity index (χ0) is 28.3. The predicted molar refractivity (Wildman–Crippen MR) is 147 cm³/mol. The number of likely N-dealkylation sites (tertiary alicyclic amines) is 1. The molecule has 11 nitrogen and oxygen atoms in total. The zero-order valence-corrected chi connectivity index (χ0v) is 22.7. The molecule has 3 heterocycles. The Bertz CT molecular complexity index is 1620. The molecule has 0 aliphatic carbocycles. The van der Waals surface area contributed by atoms with E-state index in [0.29, 0.717) is 24.8 Å². The van der Waals surface area contributed by atoms with Crippen molar-refractivity contribution in [1.82, 2.24) is 18.8 Å². The van der Waals surface area contributed by atoms with Crippen LogP contribution in [-0.2, 0) is 26.2 Å². The topological polar surface area (TPSA) is 135 Å². The summed E-state index contributed by atoms with van der Waals surface area (Å²) in [6, 6.07) is 17.0. The Morgan fingerprint density at radius 1 is 1.07 bits per heavy atom. The largest absolute Gasteiger partial charge is 0.480 e. The highest BCUT2D eigenvalue weighted by Gasteiger charge is 2.32. The number of benzene rings is 2. The molecule has 4 aromatic rings. The van der Waals surface area contributed by atoms with Crippen LogP contribution in [0.5, 0.6) is 0 Å². The minimum absolute atomic E-state index is 0.107. The third-order valence-corrected chi connectivity index (χ3v) is 8.56. The summed E-state index contributed by atoms with van der Waals surface area (Å²) in [6.45, 7) is 2.33. The van der Waals surface area contributed by atoms with Crippen molar-refractivity contribution in [3.8, 4) is 0 Å². The number of hydrogen-bond acceptors (Lipinski definition) is 8. The fourth-order valence-electron chi connectivity index (χ4n) is 4.87. The Morgan fingerprint density at radius 3 is 2.55 bits per heavy atom. The van der Waals surface area contributed by atoms with Gasteiger partial charge in [0.05, 0.1) is 10.3 Å². The molecule has 2 aromatic heterocycles. The van der Waals surface area contributed by atoms with E-state index in [4.69, 9.17) is 4.74 Å². The summed E-state index contributed by atoms with van der Waals surface area (Å²) < 4.78 is 33.4. The maximum Gasteiger partial charge on any atom is 0.410 e. The number of piperidine rings is 1. The van der Waals surface area contributed by atoms with Crippen molar-refractivity contribution in [3.05, 3.63) is 84.3 Å². The van der Waals surface area contributed by atoms with Gasteiger partial charge in [0.1, 0.15) is 25.3 Å². The fourth-order valence-corrected chi connectivity index (χ4v) is 6.17. The lowest BCUT2D eigenvalue weighted by atomic mass is 10.0. The molecular weight excluding hydrogens is 534 g/mol. The molecule has 208 valence electrons. The number of carbonyl (C=O) groups is 2. The zero-order valence-electron chi connectivity index (χ0n) is 21.9. The molecule has 1 saturated heterocycles. The Labute approximate surface area is 231 Å². The number of aromatic nitrogens is 3. The SMILES string of the molecule is Cc1ccc(S(=O)(=O)n2ccc3c(N(CC(=O)O)C4CCCN(C(=O)OCc5ccccc5)C4)ncnc32)cc1. The van der Waals surface area contributed by atoms with Crippen molar-refractivity contribution in [1.29, 1.82) is 0 Å². The van der Waals surface area contributed by atoms with Crippen LogP contribution in [0.4, 0.5) is 10.6 Å². The number of hydrogen-bond donors (Lipinski definition) is 1. The fraction of sp³-hybridized carbons (Fsp3) is 0.286. The molecule has 2 aromatic carbocycles. The van der Waals surface area contributed by atoms with Gasteiger partial charge in [0, 0.05) is 25.3 Å². The summed E-state index contributed by atoms with van der Waals surface area (Å²) >= 11 is 0. The van der Waals surface area contributed by atoms with Crippen LogP contribution < -0.4 is 4.90 Å². The van der Waals surface area contributed by atoms with Crippen LogP contribution in [-0.4, -0.2) is 70.1 Å². The van der Waals surface area contributed by atoms with Crippen LogP contribution in [0.25, 0.3) is 11.0 Å². The number of fused-ring (bicyclic) bond motifs is 1. The first kappa shape index (κ1) is 27.1. The Hall–Kier alpha value is -4.45. The highest BCUT2D eigenvalue weighted by atomic mass is 32.2. The smallest absolute Gasteiger partial charge is 0.410 e. The average Bonchev–Trinajstić information content (AvgIpc) is 3.41. The van der Waals surface area contributed by atoms with Gasteiger partial charge in [0.15, 0.2) is 5.65 Å². The second kappa shape index (κ2) is 11.3. The molecule has 40 heavy (non-hydrogen) atoms. The van der Waals surface area contributed by atoms with Crippen LogP contribution >= 0.6 is 0 Å². The summed E-state index contributed by atoms with van der Waals surface area (Å²) in [5.41, 5.74) is 1.93.